The maximum atomic E-state index is 14.5. The molecule has 254 valence electrons. The van der Waals surface area contributed by atoms with E-state index in [1.54, 1.807) is 15.9 Å². The molecule has 5 aliphatic rings. The predicted octanol–water partition coefficient (Wildman–Crippen LogP) is 1.21. The third kappa shape index (κ3) is 7.01. The number of hydrogen-bond acceptors (Lipinski definition) is 9. The lowest BCUT2D eigenvalue weighted by Gasteiger charge is -2.36. The van der Waals surface area contributed by atoms with Crippen molar-refractivity contribution >= 4 is 23.7 Å². The van der Waals surface area contributed by atoms with E-state index in [0.29, 0.717) is 65.1 Å². The first-order chi connectivity index (χ1) is 22.9. The second-order valence-electron chi connectivity index (χ2n) is 12.9. The summed E-state index contributed by atoms with van der Waals surface area (Å²) in [4.78, 5) is 61.5. The first-order valence-electron chi connectivity index (χ1n) is 17.0. The average molecular weight is 651 g/mol. The number of ether oxygens (including phenoxy) is 3. The van der Waals surface area contributed by atoms with Crippen LogP contribution in [0.25, 0.3) is 0 Å². The molecule has 3 amide bonds. The number of hydrogen-bond donors (Lipinski definition) is 2. The summed E-state index contributed by atoms with van der Waals surface area (Å²) in [6.45, 7) is 4.91. The van der Waals surface area contributed by atoms with Gasteiger partial charge in [-0.3, -0.25) is 24.1 Å². The molecule has 1 aromatic carbocycles. The van der Waals surface area contributed by atoms with Crippen LogP contribution < -0.4 is 5.32 Å². The van der Waals surface area contributed by atoms with Gasteiger partial charge in [-0.15, -0.1) is 0 Å². The molecule has 12 nitrogen and oxygen atoms in total. The summed E-state index contributed by atoms with van der Waals surface area (Å²) < 4.78 is 18.4. The van der Waals surface area contributed by atoms with Crippen LogP contribution in [0.15, 0.2) is 54.6 Å². The van der Waals surface area contributed by atoms with Crippen LogP contribution in [-0.2, 0) is 33.4 Å². The van der Waals surface area contributed by atoms with E-state index in [1.807, 2.05) is 48.6 Å². The van der Waals surface area contributed by atoms with Gasteiger partial charge in [-0.25, -0.2) is 0 Å². The standard InChI is InChI=1S/C35H46N4O8/c40-21-8-2-7-16-39-31-33(43)38(18-17-37-19-22-45-23-20-37)15-9-14-35(31)30(32(39)42)29-26(47-35)12-5-6-13-28(41)36-24-27(46-34(29)44)25-10-3-1-4-11-25/h1,3-5,9-12,14,26-27,29-31,40H,2,6-8,13,15-24H2,(H,36,41)/b12-5-/t26-,27+,29+,30+,31-,35+/m0/s1. The van der Waals surface area contributed by atoms with Crippen LogP contribution in [0.3, 0.4) is 0 Å². The van der Waals surface area contributed by atoms with E-state index >= 15 is 0 Å². The molecule has 12 heteroatoms. The van der Waals surface area contributed by atoms with Gasteiger partial charge in [0, 0.05) is 52.3 Å². The number of aliphatic hydroxyl groups excluding tert-OH is 1. The van der Waals surface area contributed by atoms with E-state index in [4.69, 9.17) is 14.2 Å². The zero-order chi connectivity index (χ0) is 32.8. The maximum absolute atomic E-state index is 14.5. The van der Waals surface area contributed by atoms with Gasteiger partial charge in [0.2, 0.25) is 17.7 Å². The third-order valence-electron chi connectivity index (χ3n) is 9.97. The van der Waals surface area contributed by atoms with Crippen molar-refractivity contribution in [2.24, 2.45) is 11.8 Å². The molecule has 0 radical (unpaired) electrons. The Balaban J connectivity index is 1.33. The highest BCUT2D eigenvalue weighted by Gasteiger charge is 2.71. The van der Waals surface area contributed by atoms with Gasteiger partial charge in [-0.2, -0.15) is 0 Å². The highest BCUT2D eigenvalue weighted by Crippen LogP contribution is 2.53. The van der Waals surface area contributed by atoms with Gasteiger partial charge < -0.3 is 34.4 Å². The molecule has 0 saturated carbocycles. The molecule has 3 saturated heterocycles. The van der Waals surface area contributed by atoms with E-state index in [1.165, 1.54) is 0 Å². The number of carbonyl (C=O) groups excluding carboxylic acids is 4. The highest BCUT2D eigenvalue weighted by molar-refractivity contribution is 5.99. The smallest absolute Gasteiger partial charge is 0.313 e. The SMILES string of the molecule is O=C1CC/C=C\[C@@H]2O[C@@]34C=CCN(CCN5CCOCC5)C(=O)[C@@H]3N(CCCCCO)C(=O)[C@H]4[C@@H]2C(=O)O[C@@H](c2ccccc2)CN1. The Labute approximate surface area is 275 Å². The predicted molar refractivity (Wildman–Crippen MR) is 171 cm³/mol. The van der Waals surface area contributed by atoms with Gasteiger partial charge in [0.25, 0.3) is 0 Å². The summed E-state index contributed by atoms with van der Waals surface area (Å²) in [5, 5.41) is 12.2. The van der Waals surface area contributed by atoms with Gasteiger partial charge in [0.1, 0.15) is 23.7 Å². The number of nitrogens with zero attached hydrogens (tertiary/aromatic N) is 3. The maximum Gasteiger partial charge on any atom is 0.313 e. The summed E-state index contributed by atoms with van der Waals surface area (Å²) in [5.74, 6) is -3.24. The monoisotopic (exact) mass is 650 g/mol. The topological polar surface area (TPSA) is 138 Å². The minimum atomic E-state index is -1.37. The molecule has 1 aromatic rings. The van der Waals surface area contributed by atoms with E-state index in [0.717, 1.165) is 18.7 Å². The van der Waals surface area contributed by atoms with Crippen LogP contribution in [0.2, 0.25) is 0 Å². The number of rotatable bonds is 9. The van der Waals surface area contributed by atoms with E-state index < -0.39 is 41.7 Å². The number of likely N-dealkylation sites (tertiary alicyclic amines) is 1. The quantitative estimate of drug-likeness (QED) is 0.230. The molecule has 5 aliphatic heterocycles. The van der Waals surface area contributed by atoms with Gasteiger partial charge in [-0.1, -0.05) is 54.6 Å². The molecule has 1 spiro atoms. The number of carbonyl (C=O) groups is 4. The normalized spacial score (nSPS) is 32.4. The number of amides is 3. The lowest BCUT2D eigenvalue weighted by Crippen LogP contribution is -2.56. The molecule has 6 rings (SSSR count). The van der Waals surface area contributed by atoms with Crippen LogP contribution in [0.1, 0.15) is 43.8 Å². The molecule has 0 unspecified atom stereocenters. The summed E-state index contributed by atoms with van der Waals surface area (Å²) in [5.41, 5.74) is -0.644. The average Bonchev–Trinajstić information content (AvgIpc) is 3.47. The van der Waals surface area contributed by atoms with Crippen LogP contribution in [0.4, 0.5) is 0 Å². The number of allylic oxidation sites excluding steroid dienone is 1. The van der Waals surface area contributed by atoms with Crippen LogP contribution >= 0.6 is 0 Å². The van der Waals surface area contributed by atoms with E-state index in [-0.39, 0.29) is 37.3 Å². The Hall–Kier alpha value is -3.58. The number of esters is 1. The molecule has 0 bridgehead atoms. The summed E-state index contributed by atoms with van der Waals surface area (Å²) >= 11 is 0. The van der Waals surface area contributed by atoms with Gasteiger partial charge >= 0.3 is 5.97 Å². The van der Waals surface area contributed by atoms with Crippen molar-refractivity contribution in [1.29, 1.82) is 0 Å². The van der Waals surface area contributed by atoms with Crippen molar-refractivity contribution < 1.29 is 38.5 Å². The molecule has 3 fully saturated rings. The fourth-order valence-corrected chi connectivity index (χ4v) is 7.55. The van der Waals surface area contributed by atoms with Crippen molar-refractivity contribution in [2.75, 3.05) is 65.6 Å². The Morgan fingerprint density at radius 2 is 1.74 bits per heavy atom. The lowest BCUT2D eigenvalue weighted by atomic mass is 9.78. The fraction of sp³-hybridized carbons (Fsp3) is 0.600. The molecular formula is C35H46N4O8. The van der Waals surface area contributed by atoms with Crippen molar-refractivity contribution in [1.82, 2.24) is 20.0 Å². The number of unbranched alkanes of at least 4 members (excludes halogenated alkanes) is 2. The fourth-order valence-electron chi connectivity index (χ4n) is 7.55. The number of benzene rings is 1. The second kappa shape index (κ2) is 15.1. The summed E-state index contributed by atoms with van der Waals surface area (Å²) in [6.07, 6.45) is 8.26. The number of morpholine rings is 1. The molecular weight excluding hydrogens is 604 g/mol. The van der Waals surface area contributed by atoms with E-state index in [9.17, 15) is 24.3 Å². The van der Waals surface area contributed by atoms with Crippen molar-refractivity contribution in [3.8, 4) is 0 Å². The molecule has 5 heterocycles. The number of nitrogens with one attached hydrogen (secondary N) is 1. The Morgan fingerprint density at radius 3 is 2.53 bits per heavy atom. The third-order valence-corrected chi connectivity index (χ3v) is 9.97. The van der Waals surface area contributed by atoms with Gasteiger partial charge in [0.15, 0.2) is 0 Å². The summed E-state index contributed by atoms with van der Waals surface area (Å²) in [7, 11) is 0. The first-order valence-corrected chi connectivity index (χ1v) is 17.0. The first kappa shape index (κ1) is 33.3. The van der Waals surface area contributed by atoms with Gasteiger partial charge in [0.05, 0.1) is 31.8 Å². The number of aliphatic hydroxyl groups is 1. The summed E-state index contributed by atoms with van der Waals surface area (Å²) in [6, 6.07) is 8.27. The van der Waals surface area contributed by atoms with Crippen LogP contribution in [-0.4, -0.2) is 127 Å². The van der Waals surface area contributed by atoms with E-state index in [2.05, 4.69) is 10.2 Å². The van der Waals surface area contributed by atoms with Crippen molar-refractivity contribution in [2.45, 2.75) is 56.0 Å². The highest BCUT2D eigenvalue weighted by atomic mass is 16.6. The molecule has 0 aliphatic carbocycles. The molecule has 6 atom stereocenters. The Kier molecular flexibility index (Phi) is 10.7. The zero-order valence-electron chi connectivity index (χ0n) is 26.8. The lowest BCUT2D eigenvalue weighted by molar-refractivity contribution is -0.160. The number of cyclic esters (lactones) is 1. The van der Waals surface area contributed by atoms with Crippen LogP contribution in [0, 0.1) is 11.8 Å². The molecule has 0 aromatic heterocycles. The second-order valence-corrected chi connectivity index (χ2v) is 12.9. The number of fused-ring (bicyclic) bond motifs is 2. The Bertz CT molecular complexity index is 1350. The minimum absolute atomic E-state index is 0.0506. The molecule has 47 heavy (non-hydrogen) atoms. The zero-order valence-corrected chi connectivity index (χ0v) is 26.8. The largest absolute Gasteiger partial charge is 0.455 e. The minimum Gasteiger partial charge on any atom is -0.455 e. The van der Waals surface area contributed by atoms with Crippen LogP contribution in [0.5, 0.6) is 0 Å². The van der Waals surface area contributed by atoms with Crippen molar-refractivity contribution in [3.05, 3.63) is 60.2 Å². The Morgan fingerprint density at radius 1 is 0.936 bits per heavy atom. The van der Waals surface area contributed by atoms with Crippen molar-refractivity contribution in [3.63, 3.8) is 0 Å². The van der Waals surface area contributed by atoms with Gasteiger partial charge in [-0.05, 0) is 31.2 Å². The molecule has 2 N–H and O–H groups in total.